The predicted octanol–water partition coefficient (Wildman–Crippen LogP) is 12.3. The van der Waals surface area contributed by atoms with Crippen molar-refractivity contribution in [2.75, 3.05) is 0 Å². The van der Waals surface area contributed by atoms with Gasteiger partial charge in [-0.15, -0.1) is 0 Å². The molecule has 0 unspecified atom stereocenters. The molecule has 0 saturated heterocycles. The number of benzene rings is 7. The molecule has 2 aromatic heterocycles. The molecule has 0 bridgehead atoms. The van der Waals surface area contributed by atoms with Gasteiger partial charge < -0.3 is 9.13 Å². The first-order chi connectivity index (χ1) is 23.7. The van der Waals surface area contributed by atoms with Crippen LogP contribution in [0.15, 0.2) is 158 Å². The molecule has 0 aliphatic heterocycles. The second-order valence-electron chi connectivity index (χ2n) is 11.9. The molecule has 48 heavy (non-hydrogen) atoms. The molecule has 222 valence electrons. The summed E-state index contributed by atoms with van der Waals surface area (Å²) in [4.78, 5) is 7.92. The van der Waals surface area contributed by atoms with Gasteiger partial charge in [-0.25, -0.2) is 9.69 Å². The highest BCUT2D eigenvalue weighted by Gasteiger charge is 2.22. The summed E-state index contributed by atoms with van der Waals surface area (Å²) in [6, 6.07) is 54.3. The standard InChI is InChI=1S/C44H26N4/c1-45-31-24-25-43-37(28-31)35-19-9-13-23-42(35)48(43)44-36(29-14-4-3-5-15-29)26-30(27-38(44)46-2)32-16-6-10-20-39(32)47-40-21-11-7-17-33(40)34-18-8-12-22-41(34)47/h3-28H. The monoisotopic (exact) mass is 610 g/mol. The van der Waals surface area contributed by atoms with E-state index in [0.29, 0.717) is 11.4 Å². The molecule has 0 atom stereocenters. The minimum absolute atomic E-state index is 0.556. The molecule has 0 amide bonds. The van der Waals surface area contributed by atoms with Crippen LogP contribution in [-0.2, 0) is 0 Å². The fraction of sp³-hybridized carbons (Fsp3) is 0. The molecule has 0 spiro atoms. The number of rotatable bonds is 4. The average Bonchev–Trinajstić information content (AvgIpc) is 3.67. The highest BCUT2D eigenvalue weighted by molar-refractivity contribution is 6.12. The zero-order valence-corrected chi connectivity index (χ0v) is 25.8. The summed E-state index contributed by atoms with van der Waals surface area (Å²) in [7, 11) is 0. The molecule has 0 saturated carbocycles. The minimum Gasteiger partial charge on any atom is -0.318 e. The van der Waals surface area contributed by atoms with Gasteiger partial charge in [0.05, 0.1) is 46.6 Å². The van der Waals surface area contributed by atoms with Crippen LogP contribution in [0.1, 0.15) is 0 Å². The Kier molecular flexibility index (Phi) is 6.22. The molecule has 2 heterocycles. The molecule has 4 nitrogen and oxygen atoms in total. The summed E-state index contributed by atoms with van der Waals surface area (Å²) in [5.41, 5.74) is 11.3. The Balaban J connectivity index is 1.38. The van der Waals surface area contributed by atoms with E-state index >= 15 is 0 Å². The van der Waals surface area contributed by atoms with E-state index in [0.717, 1.165) is 66.5 Å². The van der Waals surface area contributed by atoms with Crippen LogP contribution in [-0.4, -0.2) is 9.13 Å². The molecule has 0 radical (unpaired) electrons. The van der Waals surface area contributed by atoms with E-state index in [2.05, 4.69) is 122 Å². The van der Waals surface area contributed by atoms with Crippen LogP contribution in [0.4, 0.5) is 11.4 Å². The number of hydrogen-bond donors (Lipinski definition) is 0. The second kappa shape index (κ2) is 10.9. The van der Waals surface area contributed by atoms with Gasteiger partial charge >= 0.3 is 0 Å². The SMILES string of the molecule is [C-]#[N+]c1ccc2c(c1)c1ccccc1n2-c1c([N+]#[C-])cc(-c2ccccc2-n2c3ccccc3c3ccccc32)cc1-c1ccccc1. The first-order valence-corrected chi connectivity index (χ1v) is 15.8. The molecule has 0 N–H and O–H groups in total. The third-order valence-electron chi connectivity index (χ3n) is 9.34. The predicted molar refractivity (Wildman–Crippen MR) is 199 cm³/mol. The average molecular weight is 611 g/mol. The fourth-order valence-corrected chi connectivity index (χ4v) is 7.30. The Morgan fingerprint density at radius 1 is 0.396 bits per heavy atom. The van der Waals surface area contributed by atoms with Crippen molar-refractivity contribution >= 4 is 55.0 Å². The second-order valence-corrected chi connectivity index (χ2v) is 11.9. The van der Waals surface area contributed by atoms with Crippen LogP contribution in [0.3, 0.4) is 0 Å². The fourth-order valence-electron chi connectivity index (χ4n) is 7.30. The summed E-state index contributed by atoms with van der Waals surface area (Å²) in [6.07, 6.45) is 0. The molecule has 9 aromatic rings. The van der Waals surface area contributed by atoms with Crippen LogP contribution in [0.25, 0.3) is 86.9 Å². The topological polar surface area (TPSA) is 18.6 Å². The van der Waals surface area contributed by atoms with E-state index in [1.165, 1.54) is 10.8 Å². The van der Waals surface area contributed by atoms with E-state index < -0.39 is 0 Å². The van der Waals surface area contributed by atoms with Crippen LogP contribution in [0.5, 0.6) is 0 Å². The maximum absolute atomic E-state index is 8.56. The van der Waals surface area contributed by atoms with Crippen LogP contribution >= 0.6 is 0 Å². The van der Waals surface area contributed by atoms with Crippen molar-refractivity contribution < 1.29 is 0 Å². The van der Waals surface area contributed by atoms with Gasteiger partial charge in [0.2, 0.25) is 5.69 Å². The summed E-state index contributed by atoms with van der Waals surface area (Å²) < 4.78 is 4.55. The largest absolute Gasteiger partial charge is 0.318 e. The summed E-state index contributed by atoms with van der Waals surface area (Å²) in [5.74, 6) is 0. The first kappa shape index (κ1) is 27.4. The van der Waals surface area contributed by atoms with E-state index in [-0.39, 0.29) is 0 Å². The molecule has 4 heteroatoms. The zero-order valence-electron chi connectivity index (χ0n) is 25.8. The molecular weight excluding hydrogens is 585 g/mol. The maximum atomic E-state index is 8.56. The van der Waals surface area contributed by atoms with Gasteiger partial charge in [-0.2, -0.15) is 0 Å². The van der Waals surface area contributed by atoms with Gasteiger partial charge in [-0.1, -0.05) is 109 Å². The zero-order chi connectivity index (χ0) is 32.2. The van der Waals surface area contributed by atoms with Gasteiger partial charge in [-0.3, -0.25) is 0 Å². The lowest BCUT2D eigenvalue weighted by Crippen LogP contribution is -2.00. The molecule has 9 rings (SSSR count). The normalized spacial score (nSPS) is 11.3. The van der Waals surface area contributed by atoms with Gasteiger partial charge in [0.1, 0.15) is 0 Å². The van der Waals surface area contributed by atoms with Gasteiger partial charge in [-0.05, 0) is 70.6 Å². The molecular formula is C44H26N4. The number of aromatic nitrogens is 2. The summed E-state index contributed by atoms with van der Waals surface area (Å²) in [6.45, 7) is 16.2. The Labute approximate surface area is 277 Å². The lowest BCUT2D eigenvalue weighted by atomic mass is 9.94. The quantitative estimate of drug-likeness (QED) is 0.177. The van der Waals surface area contributed by atoms with E-state index in [1.807, 2.05) is 54.6 Å². The number of hydrogen-bond acceptors (Lipinski definition) is 0. The van der Waals surface area contributed by atoms with Gasteiger partial charge in [0.25, 0.3) is 0 Å². The maximum Gasteiger partial charge on any atom is 0.211 e. The molecule has 0 aliphatic rings. The van der Waals surface area contributed by atoms with Crippen molar-refractivity contribution in [1.29, 1.82) is 0 Å². The lowest BCUT2D eigenvalue weighted by Gasteiger charge is -2.20. The van der Waals surface area contributed by atoms with Crippen molar-refractivity contribution in [2.24, 2.45) is 0 Å². The summed E-state index contributed by atoms with van der Waals surface area (Å²) >= 11 is 0. The Morgan fingerprint density at radius 2 is 0.958 bits per heavy atom. The molecule has 7 aromatic carbocycles. The minimum atomic E-state index is 0.556. The third-order valence-corrected chi connectivity index (χ3v) is 9.34. The lowest BCUT2D eigenvalue weighted by molar-refractivity contribution is 1.18. The Hall–Kier alpha value is -6.88. The van der Waals surface area contributed by atoms with E-state index in [9.17, 15) is 0 Å². The van der Waals surface area contributed by atoms with Crippen LogP contribution in [0, 0.1) is 13.1 Å². The number of nitrogens with zero attached hydrogens (tertiary/aromatic N) is 4. The third kappa shape index (κ3) is 4.07. The first-order valence-electron chi connectivity index (χ1n) is 15.8. The number of fused-ring (bicyclic) bond motifs is 6. The van der Waals surface area contributed by atoms with Crippen molar-refractivity contribution in [3.05, 3.63) is 181 Å². The van der Waals surface area contributed by atoms with E-state index in [1.54, 1.807) is 0 Å². The van der Waals surface area contributed by atoms with Crippen molar-refractivity contribution in [3.63, 3.8) is 0 Å². The van der Waals surface area contributed by atoms with E-state index in [4.69, 9.17) is 13.1 Å². The van der Waals surface area contributed by atoms with Crippen LogP contribution < -0.4 is 0 Å². The van der Waals surface area contributed by atoms with Gasteiger partial charge in [0, 0.05) is 21.7 Å². The highest BCUT2D eigenvalue weighted by Crippen LogP contribution is 2.45. The number of para-hydroxylation sites is 4. The van der Waals surface area contributed by atoms with Crippen molar-refractivity contribution in [2.45, 2.75) is 0 Å². The molecule has 0 aliphatic carbocycles. The van der Waals surface area contributed by atoms with Gasteiger partial charge in [0.15, 0.2) is 5.69 Å². The smallest absolute Gasteiger partial charge is 0.211 e. The Bertz CT molecular complexity index is 2750. The van der Waals surface area contributed by atoms with Crippen molar-refractivity contribution in [3.8, 4) is 33.6 Å². The highest BCUT2D eigenvalue weighted by atomic mass is 15.0. The van der Waals surface area contributed by atoms with Crippen LogP contribution in [0.2, 0.25) is 0 Å². The van der Waals surface area contributed by atoms with Crippen molar-refractivity contribution in [1.82, 2.24) is 9.13 Å². The molecule has 0 fully saturated rings. The summed E-state index contributed by atoms with van der Waals surface area (Å²) in [5, 5.41) is 4.46. The Morgan fingerprint density at radius 3 is 1.62 bits per heavy atom.